The maximum absolute atomic E-state index is 12.9. The van der Waals surface area contributed by atoms with Gasteiger partial charge in [0.2, 0.25) is 0 Å². The highest BCUT2D eigenvalue weighted by atomic mass is 79.9. The molecule has 0 radical (unpaired) electrons. The lowest BCUT2D eigenvalue weighted by Gasteiger charge is -2.26. The number of anilines is 1. The summed E-state index contributed by atoms with van der Waals surface area (Å²) in [4.78, 5) is 38.3. The number of benzene rings is 2. The lowest BCUT2D eigenvalue weighted by Crippen LogP contribution is -2.54. The van der Waals surface area contributed by atoms with Crippen LogP contribution in [-0.4, -0.2) is 17.8 Å². The van der Waals surface area contributed by atoms with Crippen LogP contribution in [-0.2, 0) is 9.59 Å². The van der Waals surface area contributed by atoms with E-state index in [2.05, 4.69) is 21.2 Å². The van der Waals surface area contributed by atoms with Gasteiger partial charge in [-0.2, -0.15) is 0 Å². The van der Waals surface area contributed by atoms with Crippen LogP contribution in [0.3, 0.4) is 0 Å². The van der Waals surface area contributed by atoms with Crippen molar-refractivity contribution in [3.63, 3.8) is 0 Å². The molecule has 2 aromatic carbocycles. The van der Waals surface area contributed by atoms with Crippen LogP contribution in [0, 0.1) is 0 Å². The molecule has 1 aliphatic heterocycles. The first-order valence-corrected chi connectivity index (χ1v) is 10.1. The molecule has 0 unspecified atom stereocenters. The molecule has 0 atom stereocenters. The Balaban J connectivity index is 1.68. The summed E-state index contributed by atoms with van der Waals surface area (Å²) >= 11 is 15.3. The van der Waals surface area contributed by atoms with Gasteiger partial charge in [0.15, 0.2) is 0 Å². The summed E-state index contributed by atoms with van der Waals surface area (Å²) in [6.07, 6.45) is 1.28. The lowest BCUT2D eigenvalue weighted by molar-refractivity contribution is -0.122. The summed E-state index contributed by atoms with van der Waals surface area (Å²) in [5.41, 5.74) is 0.735. The summed E-state index contributed by atoms with van der Waals surface area (Å²) < 4.78 is 6.51. The molecule has 0 aliphatic carbocycles. The van der Waals surface area contributed by atoms with Gasteiger partial charge in [-0.05, 0) is 60.7 Å². The largest absolute Gasteiger partial charge is 0.457 e. The molecular formula is C21H11BrCl2N2O4. The highest BCUT2D eigenvalue weighted by Crippen LogP contribution is 2.30. The first-order chi connectivity index (χ1) is 14.3. The van der Waals surface area contributed by atoms with Crippen LogP contribution in [0.5, 0.6) is 0 Å². The van der Waals surface area contributed by atoms with E-state index in [4.69, 9.17) is 27.6 Å². The number of nitrogens with one attached hydrogen (secondary N) is 1. The second-order valence-electron chi connectivity index (χ2n) is 6.29. The summed E-state index contributed by atoms with van der Waals surface area (Å²) in [5, 5.41) is 3.05. The highest BCUT2D eigenvalue weighted by molar-refractivity contribution is 9.10. The number of carbonyl (C=O) groups excluding carboxylic acids is 3. The van der Waals surface area contributed by atoms with E-state index < -0.39 is 17.8 Å². The molecule has 0 saturated carbocycles. The van der Waals surface area contributed by atoms with E-state index in [9.17, 15) is 14.4 Å². The average molecular weight is 506 g/mol. The van der Waals surface area contributed by atoms with Crippen molar-refractivity contribution in [2.45, 2.75) is 0 Å². The molecule has 4 amide bonds. The maximum atomic E-state index is 12.9. The van der Waals surface area contributed by atoms with Crippen molar-refractivity contribution in [2.24, 2.45) is 0 Å². The van der Waals surface area contributed by atoms with Gasteiger partial charge >= 0.3 is 6.03 Å². The van der Waals surface area contributed by atoms with Crippen LogP contribution in [0.15, 0.2) is 69.1 Å². The van der Waals surface area contributed by atoms with Crippen LogP contribution < -0.4 is 10.2 Å². The zero-order valence-electron chi connectivity index (χ0n) is 15.0. The maximum Gasteiger partial charge on any atom is 0.335 e. The van der Waals surface area contributed by atoms with Crippen molar-refractivity contribution in [3.8, 4) is 11.3 Å². The van der Waals surface area contributed by atoms with Gasteiger partial charge in [-0.15, -0.1) is 0 Å². The topological polar surface area (TPSA) is 79.6 Å². The average Bonchev–Trinajstić information content (AvgIpc) is 3.14. The van der Waals surface area contributed by atoms with E-state index in [0.29, 0.717) is 27.1 Å². The van der Waals surface area contributed by atoms with Crippen molar-refractivity contribution in [2.75, 3.05) is 4.90 Å². The number of amides is 4. The van der Waals surface area contributed by atoms with Gasteiger partial charge in [0, 0.05) is 20.1 Å². The van der Waals surface area contributed by atoms with E-state index in [1.807, 2.05) is 0 Å². The molecule has 30 heavy (non-hydrogen) atoms. The van der Waals surface area contributed by atoms with E-state index in [-0.39, 0.29) is 11.3 Å². The molecule has 1 fully saturated rings. The van der Waals surface area contributed by atoms with E-state index in [1.54, 1.807) is 54.6 Å². The SMILES string of the molecule is O=C1NC(=O)N(c2ccc(Br)cc2)C(=O)C1=Cc1ccc(-c2cc(Cl)cc(Cl)c2)o1. The van der Waals surface area contributed by atoms with Crippen LogP contribution in [0.2, 0.25) is 10.0 Å². The highest BCUT2D eigenvalue weighted by Gasteiger charge is 2.37. The number of barbiturate groups is 1. The zero-order chi connectivity index (χ0) is 21.4. The number of imide groups is 2. The van der Waals surface area contributed by atoms with Gasteiger partial charge < -0.3 is 4.42 Å². The monoisotopic (exact) mass is 504 g/mol. The fourth-order valence-electron chi connectivity index (χ4n) is 2.91. The lowest BCUT2D eigenvalue weighted by atomic mass is 10.1. The third-order valence-corrected chi connectivity index (χ3v) is 5.21. The molecule has 4 rings (SSSR count). The normalized spacial score (nSPS) is 15.6. The Hall–Kier alpha value is -2.87. The molecule has 0 bridgehead atoms. The van der Waals surface area contributed by atoms with Crippen molar-refractivity contribution >= 4 is 68.7 Å². The third kappa shape index (κ3) is 4.05. The fraction of sp³-hybridized carbons (Fsp3) is 0. The van der Waals surface area contributed by atoms with Gasteiger partial charge in [-0.3, -0.25) is 14.9 Å². The van der Waals surface area contributed by atoms with Gasteiger partial charge in [0.05, 0.1) is 5.69 Å². The molecule has 1 saturated heterocycles. The number of urea groups is 1. The van der Waals surface area contributed by atoms with Crippen molar-refractivity contribution < 1.29 is 18.8 Å². The number of rotatable bonds is 3. The molecule has 1 aromatic heterocycles. The molecule has 150 valence electrons. The van der Waals surface area contributed by atoms with Crippen molar-refractivity contribution in [3.05, 3.63) is 80.4 Å². The second kappa shape index (κ2) is 8.10. The summed E-state index contributed by atoms with van der Waals surface area (Å²) in [6.45, 7) is 0. The summed E-state index contributed by atoms with van der Waals surface area (Å²) in [6, 6.07) is 13.9. The third-order valence-electron chi connectivity index (χ3n) is 4.25. The number of carbonyl (C=O) groups is 3. The second-order valence-corrected chi connectivity index (χ2v) is 8.08. The predicted octanol–water partition coefficient (Wildman–Crippen LogP) is 5.68. The first-order valence-electron chi connectivity index (χ1n) is 8.55. The van der Waals surface area contributed by atoms with Crippen LogP contribution in [0.4, 0.5) is 10.5 Å². The van der Waals surface area contributed by atoms with Gasteiger partial charge in [-0.1, -0.05) is 39.1 Å². The Labute approximate surface area is 189 Å². The molecule has 2 heterocycles. The Kier molecular flexibility index (Phi) is 5.51. The minimum Gasteiger partial charge on any atom is -0.457 e. The molecule has 0 spiro atoms. The number of hydrogen-bond acceptors (Lipinski definition) is 4. The molecular weight excluding hydrogens is 495 g/mol. The number of hydrogen-bond donors (Lipinski definition) is 1. The van der Waals surface area contributed by atoms with Gasteiger partial charge in [-0.25, -0.2) is 9.69 Å². The molecule has 6 nitrogen and oxygen atoms in total. The van der Waals surface area contributed by atoms with E-state index >= 15 is 0 Å². The smallest absolute Gasteiger partial charge is 0.335 e. The van der Waals surface area contributed by atoms with Crippen LogP contribution >= 0.6 is 39.1 Å². The minimum atomic E-state index is -0.821. The van der Waals surface area contributed by atoms with E-state index in [0.717, 1.165) is 9.37 Å². The quantitative estimate of drug-likeness (QED) is 0.366. The Morgan fingerprint density at radius 2 is 1.60 bits per heavy atom. The molecule has 1 N–H and O–H groups in total. The van der Waals surface area contributed by atoms with Crippen LogP contribution in [0.25, 0.3) is 17.4 Å². The molecule has 1 aliphatic rings. The Bertz CT molecular complexity index is 1200. The first kappa shape index (κ1) is 20.4. The predicted molar refractivity (Wildman–Crippen MR) is 117 cm³/mol. The van der Waals surface area contributed by atoms with Gasteiger partial charge in [0.1, 0.15) is 17.1 Å². The number of halogens is 3. The van der Waals surface area contributed by atoms with Crippen LogP contribution in [0.1, 0.15) is 5.76 Å². The number of nitrogens with zero attached hydrogens (tertiary/aromatic N) is 1. The number of furan rings is 1. The summed E-state index contributed by atoms with van der Waals surface area (Å²) in [5.74, 6) is -0.850. The standard InChI is InChI=1S/C21H11BrCl2N2O4/c22-12-1-3-15(4-2-12)26-20(28)17(19(27)25-21(26)29)10-16-5-6-18(30-16)11-7-13(23)9-14(24)8-11/h1-10H,(H,25,27,29). The Morgan fingerprint density at radius 1 is 0.933 bits per heavy atom. The van der Waals surface area contributed by atoms with Crippen molar-refractivity contribution in [1.82, 2.24) is 5.32 Å². The summed E-state index contributed by atoms with van der Waals surface area (Å²) in [7, 11) is 0. The van der Waals surface area contributed by atoms with E-state index in [1.165, 1.54) is 6.08 Å². The Morgan fingerprint density at radius 3 is 2.27 bits per heavy atom. The fourth-order valence-corrected chi connectivity index (χ4v) is 3.70. The zero-order valence-corrected chi connectivity index (χ0v) is 18.1. The molecule has 9 heteroatoms. The molecule has 3 aromatic rings. The van der Waals surface area contributed by atoms with Crippen molar-refractivity contribution in [1.29, 1.82) is 0 Å². The van der Waals surface area contributed by atoms with Gasteiger partial charge in [0.25, 0.3) is 11.8 Å². The minimum absolute atomic E-state index is 0.234.